The van der Waals surface area contributed by atoms with Crippen molar-refractivity contribution in [2.45, 2.75) is 57.3 Å². The Morgan fingerprint density at radius 1 is 0.964 bits per heavy atom. The predicted octanol–water partition coefficient (Wildman–Crippen LogP) is 5.31. The molecule has 0 fully saturated rings. The molecule has 2 aromatic rings. The quantitative estimate of drug-likeness (QED) is 0.407. The standard InChI is InChI=1S/C22H29NO4S/c1-3-4-5-6-7-10-16-27-22(24)20-14-8-9-15-21(20)28(25,26)23-19-13-11-12-18(2)17-19/h8-9,11-15,17,23H,3-7,10,16H2,1-2H3. The predicted molar refractivity (Wildman–Crippen MR) is 112 cm³/mol. The lowest BCUT2D eigenvalue weighted by Gasteiger charge is -2.12. The van der Waals surface area contributed by atoms with Gasteiger partial charge in [0, 0.05) is 5.69 Å². The van der Waals surface area contributed by atoms with E-state index in [0.29, 0.717) is 12.3 Å². The zero-order chi connectivity index (χ0) is 20.4. The highest BCUT2D eigenvalue weighted by molar-refractivity contribution is 7.92. The summed E-state index contributed by atoms with van der Waals surface area (Å²) in [6.45, 7) is 4.34. The molecule has 0 saturated heterocycles. The van der Waals surface area contributed by atoms with Gasteiger partial charge in [-0.25, -0.2) is 13.2 Å². The van der Waals surface area contributed by atoms with Gasteiger partial charge in [-0.05, 0) is 43.2 Å². The Kier molecular flexibility index (Phi) is 8.51. The van der Waals surface area contributed by atoms with Gasteiger partial charge in [-0.15, -0.1) is 0 Å². The van der Waals surface area contributed by atoms with Crippen LogP contribution in [-0.4, -0.2) is 21.0 Å². The normalized spacial score (nSPS) is 11.2. The summed E-state index contributed by atoms with van der Waals surface area (Å²) >= 11 is 0. The van der Waals surface area contributed by atoms with Gasteiger partial charge >= 0.3 is 5.97 Å². The second-order valence-electron chi connectivity index (χ2n) is 6.87. The summed E-state index contributed by atoms with van der Waals surface area (Å²) in [5.74, 6) is -0.612. The van der Waals surface area contributed by atoms with Crippen LogP contribution in [0.25, 0.3) is 0 Å². The average molecular weight is 404 g/mol. The van der Waals surface area contributed by atoms with Gasteiger partial charge in [0.15, 0.2) is 0 Å². The summed E-state index contributed by atoms with van der Waals surface area (Å²) in [4.78, 5) is 12.4. The molecule has 0 saturated carbocycles. The monoisotopic (exact) mass is 403 g/mol. The molecule has 0 aromatic heterocycles. The van der Waals surface area contributed by atoms with Gasteiger partial charge in [-0.3, -0.25) is 4.72 Å². The van der Waals surface area contributed by atoms with Crippen LogP contribution in [0.15, 0.2) is 53.4 Å². The highest BCUT2D eigenvalue weighted by atomic mass is 32.2. The molecule has 0 aliphatic carbocycles. The summed E-state index contributed by atoms with van der Waals surface area (Å²) < 4.78 is 33.4. The third-order valence-electron chi connectivity index (χ3n) is 4.40. The SMILES string of the molecule is CCCCCCCCOC(=O)c1ccccc1S(=O)(=O)Nc1cccc(C)c1. The minimum atomic E-state index is -3.90. The van der Waals surface area contributed by atoms with E-state index in [2.05, 4.69) is 11.6 Å². The molecular formula is C22H29NO4S. The molecule has 2 rings (SSSR count). The number of benzene rings is 2. The number of hydrogen-bond donors (Lipinski definition) is 1. The molecule has 28 heavy (non-hydrogen) atoms. The zero-order valence-electron chi connectivity index (χ0n) is 16.6. The molecule has 2 aromatic carbocycles. The first-order chi connectivity index (χ1) is 13.4. The third-order valence-corrected chi connectivity index (χ3v) is 5.84. The number of esters is 1. The van der Waals surface area contributed by atoms with Crippen molar-refractivity contribution in [2.75, 3.05) is 11.3 Å². The van der Waals surface area contributed by atoms with E-state index in [4.69, 9.17) is 4.74 Å². The second-order valence-corrected chi connectivity index (χ2v) is 8.53. The second kappa shape index (κ2) is 10.9. The Balaban J connectivity index is 2.02. The largest absolute Gasteiger partial charge is 0.462 e. The van der Waals surface area contributed by atoms with Gasteiger partial charge in [-0.2, -0.15) is 0 Å². The van der Waals surface area contributed by atoms with E-state index in [-0.39, 0.29) is 10.5 Å². The van der Waals surface area contributed by atoms with E-state index in [1.54, 1.807) is 30.3 Å². The molecule has 0 aliphatic heterocycles. The number of nitrogens with one attached hydrogen (secondary N) is 1. The Morgan fingerprint density at radius 2 is 1.68 bits per heavy atom. The van der Waals surface area contributed by atoms with Gasteiger partial charge in [0.1, 0.15) is 4.90 Å². The molecule has 0 bridgehead atoms. The molecule has 0 amide bonds. The topological polar surface area (TPSA) is 72.5 Å². The molecule has 152 valence electrons. The van der Waals surface area contributed by atoms with Crippen molar-refractivity contribution < 1.29 is 17.9 Å². The Morgan fingerprint density at radius 3 is 2.43 bits per heavy atom. The molecular weight excluding hydrogens is 374 g/mol. The van der Waals surface area contributed by atoms with E-state index in [0.717, 1.165) is 24.8 Å². The number of carbonyl (C=O) groups is 1. The first-order valence-electron chi connectivity index (χ1n) is 9.79. The highest BCUT2D eigenvalue weighted by Gasteiger charge is 2.23. The fourth-order valence-electron chi connectivity index (χ4n) is 2.91. The number of carbonyl (C=O) groups excluding carboxylic acids is 1. The van der Waals surface area contributed by atoms with Crippen molar-refractivity contribution in [1.29, 1.82) is 0 Å². The Hall–Kier alpha value is -2.34. The summed E-state index contributed by atoms with van der Waals surface area (Å²) in [6.07, 6.45) is 6.51. The number of hydrogen-bond acceptors (Lipinski definition) is 4. The maximum absolute atomic E-state index is 12.8. The minimum absolute atomic E-state index is 0.0497. The van der Waals surface area contributed by atoms with Crippen LogP contribution in [0.4, 0.5) is 5.69 Å². The summed E-state index contributed by atoms with van der Waals surface area (Å²) in [6, 6.07) is 13.2. The van der Waals surface area contributed by atoms with Gasteiger partial charge in [-0.1, -0.05) is 63.3 Å². The van der Waals surface area contributed by atoms with Crippen molar-refractivity contribution >= 4 is 21.7 Å². The van der Waals surface area contributed by atoms with Crippen LogP contribution in [0.1, 0.15) is 61.4 Å². The molecule has 0 unspecified atom stereocenters. The van der Waals surface area contributed by atoms with E-state index in [9.17, 15) is 13.2 Å². The van der Waals surface area contributed by atoms with Crippen molar-refractivity contribution in [3.05, 3.63) is 59.7 Å². The number of anilines is 1. The fraction of sp³-hybridized carbons (Fsp3) is 0.409. The lowest BCUT2D eigenvalue weighted by Crippen LogP contribution is -2.18. The first-order valence-corrected chi connectivity index (χ1v) is 11.3. The molecule has 0 spiro atoms. The number of ether oxygens (including phenoxy) is 1. The van der Waals surface area contributed by atoms with Crippen molar-refractivity contribution in [2.24, 2.45) is 0 Å². The van der Waals surface area contributed by atoms with E-state index in [1.807, 2.05) is 13.0 Å². The minimum Gasteiger partial charge on any atom is -0.462 e. The van der Waals surface area contributed by atoms with Crippen LogP contribution in [0.2, 0.25) is 0 Å². The van der Waals surface area contributed by atoms with Gasteiger partial charge in [0.05, 0.1) is 12.2 Å². The zero-order valence-corrected chi connectivity index (χ0v) is 17.4. The molecule has 6 heteroatoms. The maximum Gasteiger partial charge on any atom is 0.339 e. The molecule has 0 aliphatic rings. The summed E-state index contributed by atoms with van der Waals surface area (Å²) in [7, 11) is -3.90. The van der Waals surface area contributed by atoms with Crippen LogP contribution in [-0.2, 0) is 14.8 Å². The van der Waals surface area contributed by atoms with Crippen LogP contribution >= 0.6 is 0 Å². The van der Waals surface area contributed by atoms with Crippen LogP contribution in [0, 0.1) is 6.92 Å². The first kappa shape index (κ1) is 22.0. The van der Waals surface area contributed by atoms with E-state index < -0.39 is 16.0 Å². The summed E-state index contributed by atoms with van der Waals surface area (Å²) in [5.41, 5.74) is 1.44. The van der Waals surface area contributed by atoms with Crippen LogP contribution < -0.4 is 4.72 Å². The Bertz CT molecular complexity index is 878. The lowest BCUT2D eigenvalue weighted by atomic mass is 10.1. The molecule has 0 radical (unpaired) electrons. The molecule has 0 heterocycles. The van der Waals surface area contributed by atoms with E-state index in [1.165, 1.54) is 31.4 Å². The van der Waals surface area contributed by atoms with Crippen molar-refractivity contribution in [3.63, 3.8) is 0 Å². The molecule has 0 atom stereocenters. The summed E-state index contributed by atoms with van der Waals surface area (Å²) in [5, 5.41) is 0. The molecule has 1 N–H and O–H groups in total. The van der Waals surface area contributed by atoms with Gasteiger partial charge in [0.2, 0.25) is 0 Å². The fourth-order valence-corrected chi connectivity index (χ4v) is 4.16. The van der Waals surface area contributed by atoms with Gasteiger partial charge in [0.25, 0.3) is 10.0 Å². The lowest BCUT2D eigenvalue weighted by molar-refractivity contribution is 0.0493. The number of rotatable bonds is 11. The third kappa shape index (κ3) is 6.68. The number of aryl methyl sites for hydroxylation is 1. The van der Waals surface area contributed by atoms with Crippen LogP contribution in [0.3, 0.4) is 0 Å². The van der Waals surface area contributed by atoms with Crippen LogP contribution in [0.5, 0.6) is 0 Å². The number of sulfonamides is 1. The Labute approximate surface area is 168 Å². The van der Waals surface area contributed by atoms with E-state index >= 15 is 0 Å². The number of unbranched alkanes of at least 4 members (excludes halogenated alkanes) is 5. The highest BCUT2D eigenvalue weighted by Crippen LogP contribution is 2.21. The van der Waals surface area contributed by atoms with Crippen molar-refractivity contribution in [1.82, 2.24) is 0 Å². The van der Waals surface area contributed by atoms with Gasteiger partial charge < -0.3 is 4.74 Å². The maximum atomic E-state index is 12.8. The smallest absolute Gasteiger partial charge is 0.339 e. The molecule has 5 nitrogen and oxygen atoms in total. The van der Waals surface area contributed by atoms with Crippen molar-refractivity contribution in [3.8, 4) is 0 Å². The average Bonchev–Trinajstić information content (AvgIpc) is 2.67.